The molecule has 0 saturated heterocycles. The molecule has 0 unspecified atom stereocenters. The Kier molecular flexibility index (Phi) is 4.98. The van der Waals surface area contributed by atoms with Crippen molar-refractivity contribution in [3.05, 3.63) is 68.8 Å². The number of phenols is 2. The molecular weight excluding hydrogens is 268 g/mol. The average molecular weight is 278 g/mol. The largest absolute Gasteiger partial charge is 0.508 e. The molecule has 0 aromatic heterocycles. The third-order valence-electron chi connectivity index (χ3n) is 2.08. The van der Waals surface area contributed by atoms with Crippen LogP contribution in [0.1, 0.15) is 0 Å². The monoisotopic (exact) mass is 278 g/mol. The van der Waals surface area contributed by atoms with Crippen molar-refractivity contribution in [1.82, 2.24) is 0 Å². The van der Waals surface area contributed by atoms with E-state index in [0.717, 1.165) is 12.1 Å². The molecule has 0 amide bonds. The molecule has 2 N–H and O–H groups in total. The van der Waals surface area contributed by atoms with E-state index in [9.17, 15) is 20.2 Å². The molecule has 8 nitrogen and oxygen atoms in total. The van der Waals surface area contributed by atoms with Crippen LogP contribution in [0.3, 0.4) is 0 Å². The first-order chi connectivity index (χ1) is 9.40. The molecule has 2 aromatic rings. The number of benzene rings is 2. The predicted molar refractivity (Wildman–Crippen MR) is 69.5 cm³/mol. The van der Waals surface area contributed by atoms with E-state index in [1.165, 1.54) is 36.4 Å². The van der Waals surface area contributed by atoms with Crippen LogP contribution in [0, 0.1) is 20.2 Å². The van der Waals surface area contributed by atoms with Gasteiger partial charge in [-0.1, -0.05) is 12.1 Å². The summed E-state index contributed by atoms with van der Waals surface area (Å²) in [6, 6.07) is 10.4. The van der Waals surface area contributed by atoms with Gasteiger partial charge in [-0.05, 0) is 12.1 Å². The van der Waals surface area contributed by atoms with E-state index in [1.54, 1.807) is 0 Å². The summed E-state index contributed by atoms with van der Waals surface area (Å²) in [5.41, 5.74) is -0.194. The molecule has 0 spiro atoms. The van der Waals surface area contributed by atoms with Crippen molar-refractivity contribution in [3.8, 4) is 11.5 Å². The second kappa shape index (κ2) is 6.69. The van der Waals surface area contributed by atoms with Crippen LogP contribution in [0.4, 0.5) is 11.4 Å². The molecule has 0 bridgehead atoms. The van der Waals surface area contributed by atoms with Gasteiger partial charge < -0.3 is 10.2 Å². The number of nitro benzene ring substituents is 2. The Hall–Kier alpha value is -3.16. The second-order valence-electron chi connectivity index (χ2n) is 3.55. The molecule has 0 fully saturated rings. The number of phenolic OH excluding ortho intramolecular Hbond substituents is 2. The molecule has 0 aliphatic rings. The summed E-state index contributed by atoms with van der Waals surface area (Å²) in [4.78, 5) is 19.0. The van der Waals surface area contributed by atoms with Crippen LogP contribution in [0.2, 0.25) is 0 Å². The van der Waals surface area contributed by atoms with Crippen molar-refractivity contribution in [3.63, 3.8) is 0 Å². The van der Waals surface area contributed by atoms with Crippen LogP contribution in [-0.4, -0.2) is 20.1 Å². The molecule has 2 aromatic carbocycles. The Labute approximate surface area is 112 Å². The quantitative estimate of drug-likeness (QED) is 0.642. The van der Waals surface area contributed by atoms with Crippen molar-refractivity contribution < 1.29 is 20.1 Å². The molecule has 8 heteroatoms. The Bertz CT molecular complexity index is 573. The highest BCUT2D eigenvalue weighted by atomic mass is 16.6. The summed E-state index contributed by atoms with van der Waals surface area (Å²) in [7, 11) is 0. The van der Waals surface area contributed by atoms with Gasteiger partial charge in [0.25, 0.3) is 11.4 Å². The fraction of sp³-hybridized carbons (Fsp3) is 0. The number of nitro groups is 2. The normalized spacial score (nSPS) is 9.20. The molecular formula is C12H10N2O6. The van der Waals surface area contributed by atoms with Crippen LogP contribution in [0.15, 0.2) is 48.5 Å². The lowest BCUT2D eigenvalue weighted by atomic mass is 10.3. The van der Waals surface area contributed by atoms with Crippen molar-refractivity contribution >= 4 is 11.4 Å². The van der Waals surface area contributed by atoms with Gasteiger partial charge in [-0.2, -0.15) is 0 Å². The maximum absolute atomic E-state index is 10.0. The third-order valence-corrected chi connectivity index (χ3v) is 2.08. The van der Waals surface area contributed by atoms with Gasteiger partial charge in [-0.25, -0.2) is 0 Å². The van der Waals surface area contributed by atoms with Gasteiger partial charge in [0, 0.05) is 12.1 Å². The number of non-ortho nitro benzene ring substituents is 2. The maximum atomic E-state index is 10.0. The molecule has 0 saturated carbocycles. The SMILES string of the molecule is O=[N+]([O-])c1cccc(O)c1.O=[N+]([O-])c1cccc(O)c1. The van der Waals surface area contributed by atoms with Crippen molar-refractivity contribution in [1.29, 1.82) is 0 Å². The Balaban J connectivity index is 0.000000200. The molecule has 20 heavy (non-hydrogen) atoms. The van der Waals surface area contributed by atoms with E-state index in [0.29, 0.717) is 0 Å². The van der Waals surface area contributed by atoms with Crippen molar-refractivity contribution in [2.75, 3.05) is 0 Å². The fourth-order valence-electron chi connectivity index (χ4n) is 1.21. The number of hydrogen-bond donors (Lipinski definition) is 2. The zero-order valence-corrected chi connectivity index (χ0v) is 10.0. The maximum Gasteiger partial charge on any atom is 0.273 e. The summed E-state index contributed by atoms with van der Waals surface area (Å²) in [5.74, 6) is -0.177. The van der Waals surface area contributed by atoms with Crippen LogP contribution >= 0.6 is 0 Å². The highest BCUT2D eigenvalue weighted by molar-refractivity contribution is 5.37. The molecule has 104 valence electrons. The van der Waals surface area contributed by atoms with Gasteiger partial charge in [-0.15, -0.1) is 0 Å². The fourth-order valence-corrected chi connectivity index (χ4v) is 1.21. The van der Waals surface area contributed by atoms with Crippen LogP contribution in [0.25, 0.3) is 0 Å². The number of rotatable bonds is 2. The van der Waals surface area contributed by atoms with Crippen molar-refractivity contribution in [2.24, 2.45) is 0 Å². The van der Waals surface area contributed by atoms with Crippen LogP contribution in [0.5, 0.6) is 11.5 Å². The summed E-state index contributed by atoms with van der Waals surface area (Å²) in [6.45, 7) is 0. The standard InChI is InChI=1S/2C6H5NO3/c2*8-6-3-1-2-5(4-6)7(9)10/h2*1-4,8H. The summed E-state index contributed by atoms with van der Waals surface area (Å²) < 4.78 is 0. The van der Waals surface area contributed by atoms with Crippen LogP contribution < -0.4 is 0 Å². The zero-order chi connectivity index (χ0) is 15.1. The first-order valence-corrected chi connectivity index (χ1v) is 5.27. The minimum Gasteiger partial charge on any atom is -0.508 e. The molecule has 0 aliphatic carbocycles. The Morgan fingerprint density at radius 2 is 1.10 bits per heavy atom. The summed E-state index contributed by atoms with van der Waals surface area (Å²) in [6.07, 6.45) is 0. The van der Waals surface area contributed by atoms with E-state index in [-0.39, 0.29) is 22.9 Å². The van der Waals surface area contributed by atoms with Crippen LogP contribution in [-0.2, 0) is 0 Å². The van der Waals surface area contributed by atoms with E-state index >= 15 is 0 Å². The zero-order valence-electron chi connectivity index (χ0n) is 10.0. The summed E-state index contributed by atoms with van der Waals surface area (Å²) >= 11 is 0. The van der Waals surface area contributed by atoms with Gasteiger partial charge in [-0.3, -0.25) is 20.2 Å². The highest BCUT2D eigenvalue weighted by Gasteiger charge is 2.03. The van der Waals surface area contributed by atoms with E-state index < -0.39 is 9.85 Å². The molecule has 0 radical (unpaired) electrons. The van der Waals surface area contributed by atoms with E-state index in [4.69, 9.17) is 10.2 Å². The molecule has 0 heterocycles. The van der Waals surface area contributed by atoms with Gasteiger partial charge in [0.05, 0.1) is 22.0 Å². The van der Waals surface area contributed by atoms with Gasteiger partial charge in [0.1, 0.15) is 11.5 Å². The summed E-state index contributed by atoms with van der Waals surface area (Å²) in [5, 5.41) is 37.6. The number of nitrogens with zero attached hydrogens (tertiary/aromatic N) is 2. The topological polar surface area (TPSA) is 127 Å². The minimum atomic E-state index is -0.556. The lowest BCUT2D eigenvalue weighted by Gasteiger charge is -1.89. The Morgan fingerprint density at radius 1 is 0.750 bits per heavy atom. The second-order valence-corrected chi connectivity index (χ2v) is 3.55. The van der Waals surface area contributed by atoms with E-state index in [2.05, 4.69) is 0 Å². The van der Waals surface area contributed by atoms with Gasteiger partial charge in [0.2, 0.25) is 0 Å². The molecule has 0 aliphatic heterocycles. The first kappa shape index (κ1) is 14.9. The predicted octanol–water partition coefficient (Wildman–Crippen LogP) is 2.60. The van der Waals surface area contributed by atoms with Gasteiger partial charge in [0.15, 0.2) is 0 Å². The highest BCUT2D eigenvalue weighted by Crippen LogP contribution is 2.17. The van der Waals surface area contributed by atoms with Crippen molar-refractivity contribution in [2.45, 2.75) is 0 Å². The van der Waals surface area contributed by atoms with Gasteiger partial charge >= 0.3 is 0 Å². The Morgan fingerprint density at radius 3 is 1.30 bits per heavy atom. The molecule has 0 atom stereocenters. The lowest BCUT2D eigenvalue weighted by molar-refractivity contribution is -0.385. The smallest absolute Gasteiger partial charge is 0.273 e. The lowest BCUT2D eigenvalue weighted by Crippen LogP contribution is -1.85. The number of hydrogen-bond acceptors (Lipinski definition) is 6. The van der Waals surface area contributed by atoms with E-state index in [1.807, 2.05) is 0 Å². The number of aromatic hydroxyl groups is 2. The molecule has 2 rings (SSSR count). The first-order valence-electron chi connectivity index (χ1n) is 5.27. The third kappa shape index (κ3) is 4.61. The minimum absolute atomic E-state index is 0.0887. The average Bonchev–Trinajstić information content (AvgIpc) is 2.39.